The number of nitrogens with zero attached hydrogens (tertiary/aromatic N) is 1. The number of benzene rings is 1. The molecule has 0 aliphatic carbocycles. The summed E-state index contributed by atoms with van der Waals surface area (Å²) in [5, 5.41) is 10.9. The van der Waals surface area contributed by atoms with Crippen molar-refractivity contribution in [1.82, 2.24) is 4.57 Å². The molecule has 0 spiro atoms. The van der Waals surface area contributed by atoms with Gasteiger partial charge in [0.15, 0.2) is 0 Å². The van der Waals surface area contributed by atoms with Gasteiger partial charge in [0.25, 0.3) is 0 Å². The Bertz CT molecular complexity index is 976. The van der Waals surface area contributed by atoms with Gasteiger partial charge in [-0.2, -0.15) is 0 Å². The van der Waals surface area contributed by atoms with Gasteiger partial charge in [-0.25, -0.2) is 4.79 Å². The van der Waals surface area contributed by atoms with E-state index in [2.05, 4.69) is 0 Å². The van der Waals surface area contributed by atoms with Crippen LogP contribution in [0.15, 0.2) is 39.6 Å². The summed E-state index contributed by atoms with van der Waals surface area (Å²) in [4.78, 5) is 22.6. The second-order valence-corrected chi connectivity index (χ2v) is 5.15. The van der Waals surface area contributed by atoms with Crippen molar-refractivity contribution >= 4 is 33.9 Å². The molecule has 2 heterocycles. The first-order valence-corrected chi connectivity index (χ1v) is 6.92. The Labute approximate surface area is 126 Å². The largest absolute Gasteiger partial charge is 0.480 e. The van der Waals surface area contributed by atoms with Crippen LogP contribution in [0.3, 0.4) is 0 Å². The highest BCUT2D eigenvalue weighted by atomic mass is 16.4. The van der Waals surface area contributed by atoms with Gasteiger partial charge in [-0.1, -0.05) is 6.08 Å². The van der Waals surface area contributed by atoms with Gasteiger partial charge >= 0.3 is 11.6 Å². The number of aromatic nitrogens is 1. The second-order valence-electron chi connectivity index (χ2n) is 5.15. The predicted molar refractivity (Wildman–Crippen MR) is 85.1 cm³/mol. The van der Waals surface area contributed by atoms with Crippen molar-refractivity contribution in [2.75, 3.05) is 0 Å². The lowest BCUT2D eigenvalue weighted by Crippen LogP contribution is -2.10. The topological polar surface area (TPSA) is 72.4 Å². The van der Waals surface area contributed by atoms with Crippen LogP contribution < -0.4 is 5.63 Å². The molecule has 112 valence electrons. The molecular weight excluding hydrogens is 282 g/mol. The number of rotatable bonds is 3. The molecule has 0 saturated carbocycles. The summed E-state index contributed by atoms with van der Waals surface area (Å²) in [7, 11) is 0. The lowest BCUT2D eigenvalue weighted by Gasteiger charge is -2.05. The monoisotopic (exact) mass is 297 g/mol. The van der Waals surface area contributed by atoms with Crippen molar-refractivity contribution in [3.05, 3.63) is 52.0 Å². The number of carboxylic acid groups (broad SMARTS) is 1. The average Bonchev–Trinajstić information content (AvgIpc) is 2.70. The summed E-state index contributed by atoms with van der Waals surface area (Å²) in [6, 6.07) is 6.75. The van der Waals surface area contributed by atoms with E-state index < -0.39 is 11.6 Å². The fourth-order valence-electron chi connectivity index (χ4n) is 2.78. The highest BCUT2D eigenvalue weighted by Gasteiger charge is 2.15. The third kappa shape index (κ3) is 2.20. The Morgan fingerprint density at radius 1 is 1.36 bits per heavy atom. The zero-order chi connectivity index (χ0) is 15.9. The minimum absolute atomic E-state index is 0.146. The van der Waals surface area contributed by atoms with E-state index in [1.54, 1.807) is 16.7 Å². The first kappa shape index (κ1) is 14.1. The molecule has 0 fully saturated rings. The summed E-state index contributed by atoms with van der Waals surface area (Å²) in [6.45, 7) is 3.70. The van der Waals surface area contributed by atoms with Gasteiger partial charge in [0.1, 0.15) is 12.1 Å². The van der Waals surface area contributed by atoms with Gasteiger partial charge in [0.05, 0.1) is 5.52 Å². The number of aryl methyl sites for hydroxylation is 1. The van der Waals surface area contributed by atoms with Gasteiger partial charge in [-0.15, -0.1) is 0 Å². The molecule has 22 heavy (non-hydrogen) atoms. The van der Waals surface area contributed by atoms with Crippen molar-refractivity contribution in [3.8, 4) is 0 Å². The lowest BCUT2D eigenvalue weighted by atomic mass is 10.1. The summed E-state index contributed by atoms with van der Waals surface area (Å²) in [5.74, 6) is -0.919. The van der Waals surface area contributed by atoms with Crippen molar-refractivity contribution in [1.29, 1.82) is 0 Å². The number of hydrogen-bond acceptors (Lipinski definition) is 3. The quantitative estimate of drug-likeness (QED) is 0.754. The van der Waals surface area contributed by atoms with E-state index in [1.807, 2.05) is 32.1 Å². The Hall–Kier alpha value is -2.82. The molecule has 1 N–H and O–H groups in total. The SMILES string of the molecule is C/C=C\c1c(C)c2cc3ccc(=O)oc3cc2n1CC(=O)O. The number of carboxylic acids is 1. The zero-order valence-corrected chi connectivity index (χ0v) is 12.3. The molecule has 0 aliphatic heterocycles. The Balaban J connectivity index is 2.44. The molecule has 5 heteroatoms. The first-order chi connectivity index (χ1) is 10.5. The van der Waals surface area contributed by atoms with Crippen LogP contribution in [0.5, 0.6) is 0 Å². The van der Waals surface area contributed by atoms with Crippen molar-refractivity contribution in [2.45, 2.75) is 20.4 Å². The molecule has 2 aromatic heterocycles. The lowest BCUT2D eigenvalue weighted by molar-refractivity contribution is -0.137. The zero-order valence-electron chi connectivity index (χ0n) is 12.3. The molecule has 0 amide bonds. The van der Waals surface area contributed by atoms with E-state index >= 15 is 0 Å². The number of fused-ring (bicyclic) bond motifs is 2. The third-order valence-corrected chi connectivity index (χ3v) is 3.73. The second kappa shape index (κ2) is 5.18. The predicted octanol–water partition coefficient (Wildman–Crippen LogP) is 3.17. The Morgan fingerprint density at radius 3 is 2.82 bits per heavy atom. The smallest absolute Gasteiger partial charge is 0.336 e. The average molecular weight is 297 g/mol. The van der Waals surface area contributed by atoms with Gasteiger partial charge in [-0.05, 0) is 37.6 Å². The van der Waals surface area contributed by atoms with Crippen molar-refractivity contribution < 1.29 is 14.3 Å². The molecule has 0 unspecified atom stereocenters. The molecule has 0 aliphatic rings. The maximum Gasteiger partial charge on any atom is 0.336 e. The van der Waals surface area contributed by atoms with Crippen LogP contribution in [0.2, 0.25) is 0 Å². The number of hydrogen-bond donors (Lipinski definition) is 1. The highest BCUT2D eigenvalue weighted by Crippen LogP contribution is 2.30. The van der Waals surface area contributed by atoms with Gasteiger partial charge in [0.2, 0.25) is 0 Å². The summed E-state index contributed by atoms with van der Waals surface area (Å²) < 4.78 is 6.93. The minimum Gasteiger partial charge on any atom is -0.480 e. The maximum atomic E-state index is 11.4. The molecule has 0 atom stereocenters. The van der Waals surface area contributed by atoms with E-state index in [0.29, 0.717) is 5.58 Å². The Morgan fingerprint density at radius 2 is 2.14 bits per heavy atom. The maximum absolute atomic E-state index is 11.4. The van der Waals surface area contributed by atoms with Crippen LogP contribution in [0.25, 0.3) is 27.9 Å². The van der Waals surface area contributed by atoms with Gasteiger partial charge in [0, 0.05) is 28.6 Å². The minimum atomic E-state index is -0.919. The van der Waals surface area contributed by atoms with Gasteiger partial charge in [-0.3, -0.25) is 4.79 Å². The van der Waals surface area contributed by atoms with Crippen LogP contribution in [0.1, 0.15) is 18.2 Å². The van der Waals surface area contributed by atoms with E-state index in [1.165, 1.54) is 6.07 Å². The molecule has 5 nitrogen and oxygen atoms in total. The van der Waals surface area contributed by atoms with Crippen LogP contribution >= 0.6 is 0 Å². The fraction of sp³-hybridized carbons (Fsp3) is 0.176. The summed E-state index contributed by atoms with van der Waals surface area (Å²) in [5.41, 5.74) is 2.62. The van der Waals surface area contributed by atoms with Crippen LogP contribution in [-0.2, 0) is 11.3 Å². The molecular formula is C17H15NO4. The highest BCUT2D eigenvalue weighted by molar-refractivity contribution is 5.98. The molecule has 0 radical (unpaired) electrons. The summed E-state index contributed by atoms with van der Waals surface area (Å²) in [6.07, 6.45) is 3.76. The number of carbonyl (C=O) groups is 1. The molecule has 0 saturated heterocycles. The van der Waals surface area contributed by atoms with E-state index in [0.717, 1.165) is 27.5 Å². The molecule has 3 aromatic rings. The van der Waals surface area contributed by atoms with E-state index in [-0.39, 0.29) is 6.54 Å². The van der Waals surface area contributed by atoms with E-state index in [4.69, 9.17) is 9.52 Å². The molecule has 1 aromatic carbocycles. The van der Waals surface area contributed by atoms with Crippen molar-refractivity contribution in [2.24, 2.45) is 0 Å². The fourth-order valence-corrected chi connectivity index (χ4v) is 2.78. The molecule has 0 bridgehead atoms. The van der Waals surface area contributed by atoms with Crippen molar-refractivity contribution in [3.63, 3.8) is 0 Å². The van der Waals surface area contributed by atoms with Crippen LogP contribution in [0.4, 0.5) is 0 Å². The standard InChI is InChI=1S/C17H15NO4/c1-3-4-13-10(2)12-7-11-5-6-17(21)22-15(11)8-14(12)18(13)9-16(19)20/h3-8H,9H2,1-2H3,(H,19,20)/b4-3-. The van der Waals surface area contributed by atoms with Crippen LogP contribution in [0, 0.1) is 6.92 Å². The molecule has 3 rings (SSSR count). The summed E-state index contributed by atoms with van der Waals surface area (Å²) >= 11 is 0. The first-order valence-electron chi connectivity index (χ1n) is 6.92. The number of allylic oxidation sites excluding steroid dienone is 1. The number of aliphatic carboxylic acids is 1. The van der Waals surface area contributed by atoms with Gasteiger partial charge < -0.3 is 14.1 Å². The normalized spacial score (nSPS) is 11.7. The Kier molecular flexibility index (Phi) is 3.33. The third-order valence-electron chi connectivity index (χ3n) is 3.73. The van der Waals surface area contributed by atoms with E-state index in [9.17, 15) is 9.59 Å². The van der Waals surface area contributed by atoms with Crippen LogP contribution in [-0.4, -0.2) is 15.6 Å².